The molecule has 1 amide bonds. The second-order valence-corrected chi connectivity index (χ2v) is 9.47. The van der Waals surface area contributed by atoms with Gasteiger partial charge in [-0.05, 0) is 31.7 Å². The number of likely N-dealkylation sites (tertiary alicyclic amines) is 1. The maximum atomic E-state index is 12.9. The van der Waals surface area contributed by atoms with E-state index in [1.807, 2.05) is 0 Å². The maximum Gasteiger partial charge on any atom is 0.311 e. The Balaban J connectivity index is 1.52. The Bertz CT molecular complexity index is 939. The number of carbonyl (C=O) groups is 1. The number of carbonyl (C=O) groups excluding carboxylic acids is 1. The van der Waals surface area contributed by atoms with Crippen molar-refractivity contribution in [2.24, 2.45) is 0 Å². The third-order valence-corrected chi connectivity index (χ3v) is 7.54. The van der Waals surface area contributed by atoms with Crippen LogP contribution in [0.3, 0.4) is 0 Å². The van der Waals surface area contributed by atoms with Gasteiger partial charge in [0, 0.05) is 32.4 Å². The van der Waals surface area contributed by atoms with Gasteiger partial charge in [0.1, 0.15) is 10.6 Å². The van der Waals surface area contributed by atoms with Crippen LogP contribution < -0.4 is 0 Å². The van der Waals surface area contributed by atoms with Gasteiger partial charge in [-0.2, -0.15) is 4.31 Å². The summed E-state index contributed by atoms with van der Waals surface area (Å²) in [6.45, 7) is 1.38. The molecule has 0 aromatic carbocycles. The van der Waals surface area contributed by atoms with Crippen LogP contribution in [0, 0.1) is 0 Å². The highest BCUT2D eigenvalue weighted by atomic mass is 32.2. The van der Waals surface area contributed by atoms with Gasteiger partial charge in [-0.25, -0.2) is 8.42 Å². The summed E-state index contributed by atoms with van der Waals surface area (Å²) in [6.07, 6.45) is 8.41. The van der Waals surface area contributed by atoms with Crippen LogP contribution in [0.25, 0.3) is 11.6 Å². The molecule has 2 fully saturated rings. The molecule has 1 saturated carbocycles. The van der Waals surface area contributed by atoms with Crippen molar-refractivity contribution in [3.8, 4) is 11.6 Å². The highest BCUT2D eigenvalue weighted by molar-refractivity contribution is 7.89. The highest BCUT2D eigenvalue weighted by Crippen LogP contribution is 2.28. The van der Waals surface area contributed by atoms with Gasteiger partial charge in [-0.1, -0.05) is 19.3 Å². The number of H-pyrrole nitrogens is 1. The normalized spacial score (nSPS) is 18.9. The molecule has 1 aliphatic heterocycles. The Morgan fingerprint density at radius 1 is 1.18 bits per heavy atom. The van der Waals surface area contributed by atoms with E-state index in [0.717, 1.165) is 44.9 Å². The molecule has 10 heteroatoms. The Morgan fingerprint density at radius 2 is 1.89 bits per heavy atom. The first-order chi connectivity index (χ1) is 13.5. The van der Waals surface area contributed by atoms with Crippen LogP contribution in [0.5, 0.6) is 0 Å². The van der Waals surface area contributed by atoms with Crippen molar-refractivity contribution in [1.29, 1.82) is 0 Å². The van der Waals surface area contributed by atoms with E-state index in [-0.39, 0.29) is 28.6 Å². The van der Waals surface area contributed by atoms with Crippen molar-refractivity contribution in [3.63, 3.8) is 0 Å². The number of rotatable bonds is 5. The number of hydrogen-bond donors (Lipinski definition) is 1. The number of sulfonamides is 1. The van der Waals surface area contributed by atoms with E-state index < -0.39 is 10.0 Å². The largest absolute Gasteiger partial charge is 0.411 e. The van der Waals surface area contributed by atoms with E-state index in [2.05, 4.69) is 15.2 Å². The zero-order valence-electron chi connectivity index (χ0n) is 15.9. The SMILES string of the molecule is CN(C1CCCCC1)S(=O)(=O)c1c[nH]c(-c2nnc(C(=O)N3CCCC3)o2)c1. The van der Waals surface area contributed by atoms with E-state index in [1.54, 1.807) is 11.9 Å². The van der Waals surface area contributed by atoms with Gasteiger partial charge in [0.2, 0.25) is 10.0 Å². The molecule has 9 nitrogen and oxygen atoms in total. The number of nitrogens with one attached hydrogen (secondary N) is 1. The third kappa shape index (κ3) is 3.58. The molecule has 4 rings (SSSR count). The van der Waals surface area contributed by atoms with E-state index in [9.17, 15) is 13.2 Å². The smallest absolute Gasteiger partial charge is 0.311 e. The number of aromatic amines is 1. The van der Waals surface area contributed by atoms with Crippen LogP contribution in [-0.4, -0.2) is 64.9 Å². The molecule has 1 aliphatic carbocycles. The van der Waals surface area contributed by atoms with Gasteiger partial charge in [0.15, 0.2) is 0 Å². The van der Waals surface area contributed by atoms with Crippen LogP contribution in [0.4, 0.5) is 0 Å². The number of aromatic nitrogens is 3. The summed E-state index contributed by atoms with van der Waals surface area (Å²) in [5.74, 6) is -0.257. The second-order valence-electron chi connectivity index (χ2n) is 7.47. The average molecular weight is 407 g/mol. The van der Waals surface area contributed by atoms with E-state index in [1.165, 1.54) is 16.6 Å². The molecule has 2 aromatic heterocycles. The molecular weight excluding hydrogens is 382 g/mol. The minimum absolute atomic E-state index is 0.0326. The summed E-state index contributed by atoms with van der Waals surface area (Å²) in [6, 6.07) is 1.51. The molecule has 2 aromatic rings. The lowest BCUT2D eigenvalue weighted by Gasteiger charge is -2.30. The number of nitrogens with zero attached hydrogens (tertiary/aromatic N) is 4. The Morgan fingerprint density at radius 3 is 2.61 bits per heavy atom. The summed E-state index contributed by atoms with van der Waals surface area (Å²) in [5.41, 5.74) is 0.378. The van der Waals surface area contributed by atoms with Crippen molar-refractivity contribution < 1.29 is 17.6 Å². The van der Waals surface area contributed by atoms with Gasteiger partial charge in [0.05, 0.1) is 0 Å². The predicted octanol–water partition coefficient (Wildman–Crippen LogP) is 2.25. The first-order valence-corrected chi connectivity index (χ1v) is 11.2. The van der Waals surface area contributed by atoms with Crippen molar-refractivity contribution in [2.75, 3.05) is 20.1 Å². The van der Waals surface area contributed by atoms with Crippen molar-refractivity contribution in [1.82, 2.24) is 24.4 Å². The molecule has 0 radical (unpaired) electrons. The van der Waals surface area contributed by atoms with Gasteiger partial charge in [-0.15, -0.1) is 10.2 Å². The summed E-state index contributed by atoms with van der Waals surface area (Å²) in [5, 5.41) is 7.73. The number of hydrogen-bond acceptors (Lipinski definition) is 6. The molecule has 2 aliphatic rings. The fourth-order valence-electron chi connectivity index (χ4n) is 3.93. The van der Waals surface area contributed by atoms with Crippen molar-refractivity contribution >= 4 is 15.9 Å². The van der Waals surface area contributed by atoms with Gasteiger partial charge in [-0.3, -0.25) is 4.79 Å². The molecule has 28 heavy (non-hydrogen) atoms. The lowest BCUT2D eigenvalue weighted by Crippen LogP contribution is -2.38. The molecule has 152 valence electrons. The topological polar surface area (TPSA) is 112 Å². The Kier molecular flexibility index (Phi) is 5.24. The summed E-state index contributed by atoms with van der Waals surface area (Å²) >= 11 is 0. The minimum Gasteiger partial charge on any atom is -0.411 e. The molecular formula is C18H25N5O4S. The fourth-order valence-corrected chi connectivity index (χ4v) is 5.34. The summed E-state index contributed by atoms with van der Waals surface area (Å²) < 4.78 is 32.8. The molecule has 0 bridgehead atoms. The molecule has 1 saturated heterocycles. The first kappa shape index (κ1) is 19.1. The Labute approximate surface area is 164 Å². The second kappa shape index (κ2) is 7.67. The van der Waals surface area contributed by atoms with Gasteiger partial charge < -0.3 is 14.3 Å². The van der Waals surface area contributed by atoms with Crippen LogP contribution in [0.15, 0.2) is 21.6 Å². The molecule has 1 N–H and O–H groups in total. The summed E-state index contributed by atoms with van der Waals surface area (Å²) in [7, 11) is -1.97. The Hall–Kier alpha value is -2.20. The fraction of sp³-hybridized carbons (Fsp3) is 0.611. The van der Waals surface area contributed by atoms with Gasteiger partial charge in [0.25, 0.3) is 5.89 Å². The van der Waals surface area contributed by atoms with Crippen molar-refractivity contribution in [2.45, 2.75) is 55.9 Å². The van der Waals surface area contributed by atoms with E-state index in [4.69, 9.17) is 4.42 Å². The molecule has 0 spiro atoms. The minimum atomic E-state index is -3.61. The van der Waals surface area contributed by atoms with Crippen LogP contribution in [-0.2, 0) is 10.0 Å². The average Bonchev–Trinajstić information content (AvgIpc) is 3.48. The zero-order chi connectivity index (χ0) is 19.7. The van der Waals surface area contributed by atoms with Gasteiger partial charge >= 0.3 is 11.8 Å². The van der Waals surface area contributed by atoms with E-state index >= 15 is 0 Å². The quantitative estimate of drug-likeness (QED) is 0.813. The van der Waals surface area contributed by atoms with E-state index in [0.29, 0.717) is 18.8 Å². The van der Waals surface area contributed by atoms with Crippen LogP contribution in [0.2, 0.25) is 0 Å². The lowest BCUT2D eigenvalue weighted by molar-refractivity contribution is 0.0754. The monoisotopic (exact) mass is 407 g/mol. The lowest BCUT2D eigenvalue weighted by atomic mass is 9.96. The highest BCUT2D eigenvalue weighted by Gasteiger charge is 2.31. The van der Waals surface area contributed by atoms with Crippen molar-refractivity contribution in [3.05, 3.63) is 18.2 Å². The van der Waals surface area contributed by atoms with Crippen LogP contribution in [0.1, 0.15) is 55.6 Å². The molecule has 3 heterocycles. The molecule has 0 unspecified atom stereocenters. The zero-order valence-corrected chi connectivity index (χ0v) is 16.7. The van der Waals surface area contributed by atoms with Crippen LogP contribution >= 0.6 is 0 Å². The standard InChI is InChI=1S/C18H25N5O4S/c1-22(13-7-3-2-4-8-13)28(25,26)14-11-15(19-12-14)16-20-21-17(27-16)18(24)23-9-5-6-10-23/h11-13,19H,2-10H2,1H3. The summed E-state index contributed by atoms with van der Waals surface area (Å²) in [4.78, 5) is 17.1. The third-order valence-electron chi connectivity index (χ3n) is 5.65. The maximum absolute atomic E-state index is 12.9. The first-order valence-electron chi connectivity index (χ1n) is 9.76. The number of amides is 1. The predicted molar refractivity (Wildman–Crippen MR) is 101 cm³/mol. The molecule has 0 atom stereocenters.